The Morgan fingerprint density at radius 1 is 0.405 bits per heavy atom. The molecule has 1 fully saturated rings. The van der Waals surface area contributed by atoms with Crippen LogP contribution in [0.3, 0.4) is 0 Å². The van der Waals surface area contributed by atoms with Crippen LogP contribution in [0.5, 0.6) is 11.5 Å². The summed E-state index contributed by atoms with van der Waals surface area (Å²) in [5.74, 6) is 1.43. The maximum atomic E-state index is 7.78. The third-order valence-corrected chi connectivity index (χ3v) is 16.9. The molecule has 0 radical (unpaired) electrons. The molecule has 8 heteroatoms. The lowest BCUT2D eigenvalue weighted by atomic mass is 9.75. The van der Waals surface area contributed by atoms with Crippen LogP contribution in [0.2, 0.25) is 0 Å². The van der Waals surface area contributed by atoms with E-state index >= 15 is 0 Å². The molecule has 0 amide bonds. The molecular formula is C66H88O6P2. The Kier molecular flexibility index (Phi) is 14.1. The minimum absolute atomic E-state index is 0.133. The molecule has 1 aliphatic carbocycles. The summed E-state index contributed by atoms with van der Waals surface area (Å²) >= 11 is 0. The lowest BCUT2D eigenvalue weighted by molar-refractivity contribution is 0.193. The molecule has 2 aliphatic rings. The Morgan fingerprint density at radius 3 is 1.19 bits per heavy atom. The van der Waals surface area contributed by atoms with E-state index in [9.17, 15) is 0 Å². The number of fused-ring (bicyclic) bond motifs is 6. The molecule has 5 aromatic carbocycles. The van der Waals surface area contributed by atoms with Crippen molar-refractivity contribution >= 4 is 44.9 Å². The first-order valence-electron chi connectivity index (χ1n) is 26.9. The molecule has 1 saturated heterocycles. The smallest absolute Gasteiger partial charge is 0.426 e. The predicted molar refractivity (Wildman–Crippen MR) is 316 cm³/mol. The fourth-order valence-corrected chi connectivity index (χ4v) is 12.3. The van der Waals surface area contributed by atoms with Gasteiger partial charge in [0.1, 0.15) is 34.9 Å². The van der Waals surface area contributed by atoms with E-state index in [1.165, 1.54) is 22.3 Å². The highest BCUT2D eigenvalue weighted by atomic mass is 31.2. The van der Waals surface area contributed by atoms with Crippen LogP contribution in [-0.2, 0) is 52.4 Å². The fourth-order valence-electron chi connectivity index (χ4n) is 9.89. The van der Waals surface area contributed by atoms with Crippen LogP contribution >= 0.6 is 16.8 Å². The first-order valence-corrected chi connectivity index (χ1v) is 29.1. The summed E-state index contributed by atoms with van der Waals surface area (Å²) in [5.41, 5.74) is 12.9. The van der Waals surface area contributed by atoms with Crippen molar-refractivity contribution in [3.63, 3.8) is 0 Å². The van der Waals surface area contributed by atoms with E-state index in [0.29, 0.717) is 5.75 Å². The van der Waals surface area contributed by atoms with Crippen LogP contribution in [0.1, 0.15) is 228 Å². The normalized spacial score (nSPS) is 18.0. The molecule has 74 heavy (non-hydrogen) atoms. The maximum Gasteiger partial charge on any atom is 0.453 e. The van der Waals surface area contributed by atoms with Crippen LogP contribution < -0.4 is 9.05 Å². The summed E-state index contributed by atoms with van der Waals surface area (Å²) in [5, 5.41) is 2.06. The van der Waals surface area contributed by atoms with Gasteiger partial charge < -0.3 is 17.4 Å². The Hall–Kier alpha value is -4.31. The zero-order chi connectivity index (χ0) is 54.8. The molecule has 1 aromatic heterocycles. The van der Waals surface area contributed by atoms with E-state index < -0.39 is 16.8 Å². The Balaban J connectivity index is 1.51. The third-order valence-electron chi connectivity index (χ3n) is 14.8. The summed E-state index contributed by atoms with van der Waals surface area (Å²) < 4.78 is 43.9. The van der Waals surface area contributed by atoms with Crippen molar-refractivity contribution in [3.8, 4) is 22.6 Å². The molecular weight excluding hydrogens is 951 g/mol. The number of hydrogen-bond donors (Lipinski definition) is 0. The van der Waals surface area contributed by atoms with Gasteiger partial charge in [0.25, 0.3) is 0 Å². The van der Waals surface area contributed by atoms with Crippen molar-refractivity contribution in [3.05, 3.63) is 135 Å². The second-order valence-electron chi connectivity index (χ2n) is 29.5. The van der Waals surface area contributed by atoms with Gasteiger partial charge in [-0.15, -0.1) is 0 Å². The van der Waals surface area contributed by atoms with E-state index in [1.54, 1.807) is 0 Å². The van der Waals surface area contributed by atoms with Crippen molar-refractivity contribution in [2.45, 2.75) is 222 Å². The monoisotopic (exact) mass is 1040 g/mol. The van der Waals surface area contributed by atoms with Gasteiger partial charge in [-0.25, -0.2) is 0 Å². The van der Waals surface area contributed by atoms with Crippen LogP contribution in [0, 0.1) is 0 Å². The van der Waals surface area contributed by atoms with Gasteiger partial charge in [0.05, 0.1) is 0 Å². The lowest BCUT2D eigenvalue weighted by Gasteiger charge is -2.32. The average Bonchev–Trinajstić information content (AvgIpc) is 3.59. The molecule has 8 rings (SSSR count). The maximum absolute atomic E-state index is 7.78. The Bertz CT molecular complexity index is 3110. The highest BCUT2D eigenvalue weighted by Gasteiger charge is 2.43. The van der Waals surface area contributed by atoms with Gasteiger partial charge in [-0.2, -0.15) is 0 Å². The molecule has 0 bridgehead atoms. The zero-order valence-corrected chi connectivity index (χ0v) is 51.4. The van der Waals surface area contributed by atoms with Gasteiger partial charge in [0, 0.05) is 44.2 Å². The summed E-state index contributed by atoms with van der Waals surface area (Å²) in [6.07, 6.45) is 3.70. The van der Waals surface area contributed by atoms with Gasteiger partial charge in [0.2, 0.25) is 0 Å². The summed E-state index contributed by atoms with van der Waals surface area (Å²) in [7, 11) is -4.01. The molecule has 398 valence electrons. The van der Waals surface area contributed by atoms with E-state index in [0.717, 1.165) is 72.2 Å². The van der Waals surface area contributed by atoms with Crippen molar-refractivity contribution in [2.75, 3.05) is 0 Å². The summed E-state index contributed by atoms with van der Waals surface area (Å²) in [4.78, 5) is 0. The molecule has 0 spiro atoms. The second kappa shape index (κ2) is 18.7. The van der Waals surface area contributed by atoms with Crippen LogP contribution in [0.25, 0.3) is 39.1 Å². The number of hydrogen-bond acceptors (Lipinski definition) is 6. The molecule has 6 aromatic rings. The van der Waals surface area contributed by atoms with E-state index in [1.807, 2.05) is 0 Å². The topological polar surface area (TPSA) is 63.2 Å². The SMILES string of the molecule is CC(C)(C)c1cc(-c2cc(C(C)(C)C)cc(C(C)(C)C)c2Op2oc3c(C(C)(C)C)cc(C(C)(C)C)cc3c3cc(C(C)(C)C)cc(C(C)(C)C)c3o2)c(OP2OC3C=Cc4ccccc4C3O2)c(C(C)(C)C)c1. The molecule has 1 aliphatic heterocycles. The molecule has 6 nitrogen and oxygen atoms in total. The predicted octanol–water partition coefficient (Wildman–Crippen LogP) is 21.0. The molecule has 2 heterocycles. The molecule has 3 atom stereocenters. The van der Waals surface area contributed by atoms with Gasteiger partial charge in [-0.3, -0.25) is 9.05 Å². The fraction of sp³-hybridized carbons (Fsp3) is 0.515. The van der Waals surface area contributed by atoms with E-state index in [-0.39, 0.29) is 55.5 Å². The van der Waals surface area contributed by atoms with Gasteiger partial charge in [0.15, 0.2) is 0 Å². The van der Waals surface area contributed by atoms with Crippen LogP contribution in [-0.4, -0.2) is 6.10 Å². The Labute approximate surface area is 448 Å². The zero-order valence-electron chi connectivity index (χ0n) is 49.6. The van der Waals surface area contributed by atoms with E-state index in [4.69, 9.17) is 26.5 Å². The number of rotatable bonds is 5. The van der Waals surface area contributed by atoms with Gasteiger partial charge in [-0.1, -0.05) is 227 Å². The third kappa shape index (κ3) is 11.2. The van der Waals surface area contributed by atoms with E-state index in [2.05, 4.69) is 251 Å². The first-order chi connectivity index (χ1) is 33.7. The van der Waals surface area contributed by atoms with Crippen LogP contribution in [0.4, 0.5) is 0 Å². The minimum Gasteiger partial charge on any atom is -0.426 e. The average molecular weight is 1040 g/mol. The first kappa shape index (κ1) is 55.9. The standard InChI is InChI=1S/C66H88O6P2/c1-59(2,3)40-31-45(54(49(35-40)63(13,14)15)68-73-67-53-30-29-39-27-25-26-28-44(39)58(53)72-73)46-32-41(60(4,5)6)36-50(64(16,17)18)55(46)69-74-70-56-47(33-42(61(7,8)9)37-51(56)65(19,20)21)48-34-43(62(10,11)12)38-52(57(48)71-74)66(22,23)24/h25-38,53,58H,1-24H3. The lowest BCUT2D eigenvalue weighted by Crippen LogP contribution is -2.19. The highest BCUT2D eigenvalue weighted by Crippen LogP contribution is 2.60. The summed E-state index contributed by atoms with van der Waals surface area (Å²) in [6.45, 7) is 54.8. The van der Waals surface area contributed by atoms with Crippen molar-refractivity contribution in [1.29, 1.82) is 0 Å². The largest absolute Gasteiger partial charge is 0.453 e. The van der Waals surface area contributed by atoms with Crippen LogP contribution in [0.15, 0.2) is 87.3 Å². The molecule has 0 saturated carbocycles. The number of benzene rings is 5. The van der Waals surface area contributed by atoms with Crippen molar-refractivity contribution in [2.24, 2.45) is 0 Å². The van der Waals surface area contributed by atoms with Crippen molar-refractivity contribution in [1.82, 2.24) is 0 Å². The second-order valence-corrected chi connectivity index (χ2v) is 31.5. The highest BCUT2D eigenvalue weighted by molar-refractivity contribution is 7.42. The molecule has 3 unspecified atom stereocenters. The summed E-state index contributed by atoms with van der Waals surface area (Å²) in [6, 6.07) is 27.1. The molecule has 0 N–H and O–H groups in total. The Morgan fingerprint density at radius 2 is 0.784 bits per heavy atom. The van der Waals surface area contributed by atoms with Gasteiger partial charge in [-0.05, 0) is 101 Å². The van der Waals surface area contributed by atoms with Gasteiger partial charge >= 0.3 is 16.8 Å². The van der Waals surface area contributed by atoms with Crippen molar-refractivity contribution < 1.29 is 26.5 Å². The minimum atomic E-state index is -2.17. The quantitative estimate of drug-likeness (QED) is 0.160.